The molecule has 7 heteroatoms. The number of hydrogen-bond acceptors (Lipinski definition) is 4. The monoisotopic (exact) mass is 452 g/mol. The van der Waals surface area contributed by atoms with E-state index in [4.69, 9.17) is 4.74 Å². The number of benzene rings is 3. The number of aryl methyl sites for hydroxylation is 1. The molecule has 0 saturated heterocycles. The number of carbonyl (C=O) groups excluding carboxylic acids is 1. The lowest BCUT2D eigenvalue weighted by Crippen LogP contribution is -2.41. The van der Waals surface area contributed by atoms with Gasteiger partial charge in [-0.3, -0.25) is 9.10 Å². The number of sulfonamides is 1. The first-order chi connectivity index (χ1) is 15.4. The summed E-state index contributed by atoms with van der Waals surface area (Å²) in [6.45, 7) is 2.03. The van der Waals surface area contributed by atoms with Crippen molar-refractivity contribution in [3.8, 4) is 5.75 Å². The number of para-hydroxylation sites is 1. The lowest BCUT2D eigenvalue weighted by molar-refractivity contribution is -0.128. The molecule has 0 aromatic heterocycles. The first-order valence-corrected chi connectivity index (χ1v) is 11.8. The number of rotatable bonds is 9. The molecule has 1 amide bonds. The van der Waals surface area contributed by atoms with Crippen LogP contribution in [0.2, 0.25) is 0 Å². The van der Waals surface area contributed by atoms with Gasteiger partial charge in [-0.05, 0) is 47.9 Å². The Kier molecular flexibility index (Phi) is 7.53. The molecule has 168 valence electrons. The first kappa shape index (κ1) is 23.3. The van der Waals surface area contributed by atoms with Gasteiger partial charge in [-0.15, -0.1) is 0 Å². The van der Waals surface area contributed by atoms with Crippen LogP contribution in [-0.2, 0) is 27.8 Å². The van der Waals surface area contributed by atoms with Crippen molar-refractivity contribution in [2.75, 3.05) is 25.0 Å². The molecule has 6 nitrogen and oxygen atoms in total. The molecule has 32 heavy (non-hydrogen) atoms. The van der Waals surface area contributed by atoms with E-state index >= 15 is 0 Å². The van der Waals surface area contributed by atoms with Crippen LogP contribution in [0, 0.1) is 0 Å². The minimum Gasteiger partial charge on any atom is -0.497 e. The second-order valence-corrected chi connectivity index (χ2v) is 9.27. The number of methoxy groups -OCH3 is 1. The van der Waals surface area contributed by atoms with Crippen molar-refractivity contribution >= 4 is 21.6 Å². The first-order valence-electron chi connectivity index (χ1n) is 10.4. The maximum Gasteiger partial charge on any atom is 0.264 e. The Morgan fingerprint density at radius 3 is 2.16 bits per heavy atom. The Hall–Kier alpha value is -3.32. The highest BCUT2D eigenvalue weighted by Gasteiger charge is 2.29. The number of ether oxygens (including phenoxy) is 1. The molecule has 0 atom stereocenters. The molecule has 0 aliphatic carbocycles. The van der Waals surface area contributed by atoms with Gasteiger partial charge in [-0.2, -0.15) is 0 Å². The van der Waals surface area contributed by atoms with Crippen LogP contribution < -0.4 is 9.04 Å². The van der Waals surface area contributed by atoms with Gasteiger partial charge in [0.05, 0.1) is 17.7 Å². The average Bonchev–Trinajstić information content (AvgIpc) is 2.83. The number of likely N-dealkylation sites (N-methyl/N-ethyl adjacent to an activating group) is 1. The summed E-state index contributed by atoms with van der Waals surface area (Å²) < 4.78 is 33.4. The molecule has 0 saturated carbocycles. The highest BCUT2D eigenvalue weighted by molar-refractivity contribution is 7.92. The Labute approximate surface area is 190 Å². The molecule has 0 aliphatic rings. The standard InChI is InChI=1S/C25H28N2O4S/c1-4-21-10-8-9-13-24(21)27(32(29,30)23-11-6-5-7-12-23)19-25(28)26(2)18-20-14-16-22(31-3)17-15-20/h5-17H,4,18-19H2,1-3H3. The highest BCUT2D eigenvalue weighted by Crippen LogP contribution is 2.27. The SMILES string of the molecule is CCc1ccccc1N(CC(=O)N(C)Cc1ccc(OC)cc1)S(=O)(=O)c1ccccc1. The number of hydrogen-bond donors (Lipinski definition) is 0. The minimum absolute atomic E-state index is 0.150. The van der Waals surface area contributed by atoms with Crippen LogP contribution in [0.1, 0.15) is 18.1 Å². The third-order valence-corrected chi connectivity index (χ3v) is 7.03. The molecule has 3 rings (SSSR count). The molecule has 3 aromatic rings. The van der Waals surface area contributed by atoms with E-state index in [0.717, 1.165) is 16.9 Å². The number of anilines is 1. The van der Waals surface area contributed by atoms with Gasteiger partial charge in [0.15, 0.2) is 0 Å². The van der Waals surface area contributed by atoms with E-state index in [0.29, 0.717) is 18.7 Å². The second-order valence-electron chi connectivity index (χ2n) is 7.40. The largest absolute Gasteiger partial charge is 0.497 e. The van der Waals surface area contributed by atoms with Crippen molar-refractivity contribution in [1.29, 1.82) is 0 Å². The molecule has 0 aliphatic heterocycles. The van der Waals surface area contributed by atoms with E-state index in [-0.39, 0.29) is 17.3 Å². The van der Waals surface area contributed by atoms with Crippen LogP contribution in [0.15, 0.2) is 83.8 Å². The predicted octanol–water partition coefficient (Wildman–Crippen LogP) is 4.11. The third kappa shape index (κ3) is 5.29. The molecule has 0 bridgehead atoms. The van der Waals surface area contributed by atoms with Crippen LogP contribution in [0.4, 0.5) is 5.69 Å². The van der Waals surface area contributed by atoms with Crippen LogP contribution in [-0.4, -0.2) is 39.9 Å². The Morgan fingerprint density at radius 2 is 1.53 bits per heavy atom. The molecule has 0 fully saturated rings. The summed E-state index contributed by atoms with van der Waals surface area (Å²) in [6.07, 6.45) is 0.646. The summed E-state index contributed by atoms with van der Waals surface area (Å²) in [5, 5.41) is 0. The van der Waals surface area contributed by atoms with Gasteiger partial charge >= 0.3 is 0 Å². The molecular formula is C25H28N2O4S. The summed E-state index contributed by atoms with van der Waals surface area (Å²) in [5.74, 6) is 0.435. The summed E-state index contributed by atoms with van der Waals surface area (Å²) in [6, 6.07) is 22.9. The van der Waals surface area contributed by atoms with Crippen molar-refractivity contribution in [3.05, 3.63) is 90.0 Å². The summed E-state index contributed by atoms with van der Waals surface area (Å²) in [4.78, 5) is 14.8. The second kappa shape index (κ2) is 10.3. The van der Waals surface area contributed by atoms with E-state index in [1.807, 2.05) is 43.3 Å². The number of amides is 1. The lowest BCUT2D eigenvalue weighted by atomic mass is 10.1. The molecule has 3 aromatic carbocycles. The van der Waals surface area contributed by atoms with Crippen molar-refractivity contribution in [1.82, 2.24) is 4.90 Å². The van der Waals surface area contributed by atoms with Crippen molar-refractivity contribution in [2.45, 2.75) is 24.8 Å². The van der Waals surface area contributed by atoms with E-state index in [9.17, 15) is 13.2 Å². The summed E-state index contributed by atoms with van der Waals surface area (Å²) in [7, 11) is -0.658. The van der Waals surface area contributed by atoms with Crippen LogP contribution >= 0.6 is 0 Å². The Bertz CT molecular complexity index is 1150. The molecule has 0 radical (unpaired) electrons. The average molecular weight is 453 g/mol. The fourth-order valence-electron chi connectivity index (χ4n) is 3.41. The zero-order valence-corrected chi connectivity index (χ0v) is 19.4. The smallest absolute Gasteiger partial charge is 0.264 e. The van der Waals surface area contributed by atoms with Gasteiger partial charge in [0.1, 0.15) is 12.3 Å². The zero-order chi connectivity index (χ0) is 23.1. The Morgan fingerprint density at radius 1 is 0.906 bits per heavy atom. The molecular weight excluding hydrogens is 424 g/mol. The van der Waals surface area contributed by atoms with Crippen molar-refractivity contribution in [2.24, 2.45) is 0 Å². The van der Waals surface area contributed by atoms with Crippen molar-refractivity contribution in [3.63, 3.8) is 0 Å². The molecule has 0 heterocycles. The van der Waals surface area contributed by atoms with Crippen molar-refractivity contribution < 1.29 is 17.9 Å². The Balaban J connectivity index is 1.90. The number of carbonyl (C=O) groups is 1. The maximum atomic E-state index is 13.5. The van der Waals surface area contributed by atoms with Gasteiger partial charge in [0.25, 0.3) is 10.0 Å². The zero-order valence-electron chi connectivity index (χ0n) is 18.6. The predicted molar refractivity (Wildman–Crippen MR) is 126 cm³/mol. The van der Waals surface area contributed by atoms with Crippen LogP contribution in [0.25, 0.3) is 0 Å². The van der Waals surface area contributed by atoms with Gasteiger partial charge in [-0.1, -0.05) is 55.5 Å². The minimum atomic E-state index is -3.93. The fourth-order valence-corrected chi connectivity index (χ4v) is 4.88. The normalized spacial score (nSPS) is 11.1. The number of nitrogens with zero attached hydrogens (tertiary/aromatic N) is 2. The third-order valence-electron chi connectivity index (χ3n) is 5.26. The summed E-state index contributed by atoms with van der Waals surface area (Å²) >= 11 is 0. The topological polar surface area (TPSA) is 66.9 Å². The van der Waals surface area contributed by atoms with E-state index in [1.165, 1.54) is 9.21 Å². The molecule has 0 spiro atoms. The maximum absolute atomic E-state index is 13.5. The van der Waals surface area contributed by atoms with Gasteiger partial charge in [0.2, 0.25) is 5.91 Å². The van der Waals surface area contributed by atoms with Gasteiger partial charge < -0.3 is 9.64 Å². The van der Waals surface area contributed by atoms with Crippen LogP contribution in [0.5, 0.6) is 5.75 Å². The van der Waals surface area contributed by atoms with Crippen LogP contribution in [0.3, 0.4) is 0 Å². The fraction of sp³-hybridized carbons (Fsp3) is 0.240. The van der Waals surface area contributed by atoms with E-state index < -0.39 is 10.0 Å². The van der Waals surface area contributed by atoms with Gasteiger partial charge in [-0.25, -0.2) is 8.42 Å². The highest BCUT2D eigenvalue weighted by atomic mass is 32.2. The summed E-state index contributed by atoms with van der Waals surface area (Å²) in [5.41, 5.74) is 2.30. The molecule has 0 N–H and O–H groups in total. The van der Waals surface area contributed by atoms with E-state index in [2.05, 4.69) is 0 Å². The van der Waals surface area contributed by atoms with E-state index in [1.54, 1.807) is 56.6 Å². The lowest BCUT2D eigenvalue weighted by Gasteiger charge is -2.28. The van der Waals surface area contributed by atoms with Gasteiger partial charge in [0, 0.05) is 13.6 Å². The molecule has 0 unspecified atom stereocenters. The quantitative estimate of drug-likeness (QED) is 0.490.